The predicted octanol–water partition coefficient (Wildman–Crippen LogP) is 3.85. The standard InChI is InChI=1S/C24H19ClN4O4/c1-13-7-9-15(25)12-20(13)29-21(30)16-5-3-4-6-17(16)24(29,32)14-8-10-19-18(11-14)27-23(28(19)2)33-22(26)31/h3-12,32H,1-2H3,(H2,26,31)/t24-/m1/s1. The molecule has 0 radical (unpaired) electrons. The minimum Gasteiger partial charge on any atom is -0.375 e. The summed E-state index contributed by atoms with van der Waals surface area (Å²) >= 11 is 6.25. The molecule has 0 aliphatic carbocycles. The van der Waals surface area contributed by atoms with Crippen LogP contribution in [-0.4, -0.2) is 26.7 Å². The molecule has 3 N–H and O–H groups in total. The highest BCUT2D eigenvalue weighted by atomic mass is 35.5. The number of aromatic nitrogens is 2. The normalized spacial score (nSPS) is 17.5. The van der Waals surface area contributed by atoms with Crippen molar-refractivity contribution in [2.24, 2.45) is 12.8 Å². The zero-order chi connectivity index (χ0) is 23.5. The fourth-order valence-electron chi connectivity index (χ4n) is 4.33. The minimum absolute atomic E-state index is 0.0204. The van der Waals surface area contributed by atoms with E-state index in [0.29, 0.717) is 38.4 Å². The number of aryl methyl sites for hydroxylation is 2. The van der Waals surface area contributed by atoms with E-state index in [1.54, 1.807) is 72.3 Å². The quantitative estimate of drug-likeness (QED) is 0.480. The smallest absolute Gasteiger partial charge is 0.375 e. The molecule has 3 aromatic carbocycles. The van der Waals surface area contributed by atoms with Crippen LogP contribution in [-0.2, 0) is 12.8 Å². The van der Waals surface area contributed by atoms with E-state index in [0.717, 1.165) is 5.56 Å². The second-order valence-electron chi connectivity index (χ2n) is 7.87. The maximum absolute atomic E-state index is 13.5. The van der Waals surface area contributed by atoms with Gasteiger partial charge in [0.1, 0.15) is 0 Å². The molecule has 0 saturated heterocycles. The molecule has 0 fully saturated rings. The number of amides is 2. The third-order valence-electron chi connectivity index (χ3n) is 5.91. The van der Waals surface area contributed by atoms with E-state index in [1.165, 1.54) is 4.90 Å². The molecule has 166 valence electrons. The number of hydrogen-bond acceptors (Lipinski definition) is 5. The Morgan fingerprint density at radius 1 is 1.15 bits per heavy atom. The number of fused-ring (bicyclic) bond motifs is 2. The molecule has 1 aliphatic heterocycles. The van der Waals surface area contributed by atoms with Crippen LogP contribution in [0, 0.1) is 6.92 Å². The zero-order valence-corrected chi connectivity index (χ0v) is 18.5. The summed E-state index contributed by atoms with van der Waals surface area (Å²) in [5.74, 6) is -0.350. The molecule has 0 unspecified atom stereocenters. The summed E-state index contributed by atoms with van der Waals surface area (Å²) in [6.07, 6.45) is -0.981. The number of rotatable bonds is 3. The number of carbonyl (C=O) groups excluding carboxylic acids is 2. The van der Waals surface area contributed by atoms with Gasteiger partial charge in [0, 0.05) is 28.8 Å². The van der Waals surface area contributed by atoms with Crippen LogP contribution in [0.1, 0.15) is 27.0 Å². The van der Waals surface area contributed by atoms with Crippen LogP contribution in [0.5, 0.6) is 6.01 Å². The van der Waals surface area contributed by atoms with Crippen molar-refractivity contribution >= 4 is 40.3 Å². The van der Waals surface area contributed by atoms with Crippen molar-refractivity contribution in [2.45, 2.75) is 12.6 Å². The van der Waals surface area contributed by atoms with Gasteiger partial charge in [-0.05, 0) is 42.8 Å². The first-order valence-electron chi connectivity index (χ1n) is 10.1. The van der Waals surface area contributed by atoms with Crippen molar-refractivity contribution in [2.75, 3.05) is 4.90 Å². The van der Waals surface area contributed by atoms with Crippen molar-refractivity contribution in [1.29, 1.82) is 0 Å². The molecule has 0 spiro atoms. The van der Waals surface area contributed by atoms with Crippen molar-refractivity contribution in [3.63, 3.8) is 0 Å². The Morgan fingerprint density at radius 3 is 2.67 bits per heavy atom. The number of primary amides is 1. The topological polar surface area (TPSA) is 111 Å². The molecule has 0 bridgehead atoms. The average Bonchev–Trinajstić information content (AvgIpc) is 3.21. The van der Waals surface area contributed by atoms with Gasteiger partial charge in [0.2, 0.25) is 0 Å². The Bertz CT molecular complexity index is 1460. The Hall–Kier alpha value is -3.88. The SMILES string of the molecule is Cc1ccc(Cl)cc1N1C(=O)c2ccccc2[C@]1(O)c1ccc2c(c1)nc(OC(N)=O)n2C. The molecular weight excluding hydrogens is 444 g/mol. The molecule has 2 heterocycles. The van der Waals surface area contributed by atoms with Gasteiger partial charge in [-0.1, -0.05) is 41.9 Å². The number of benzene rings is 3. The Kier molecular flexibility index (Phi) is 4.66. The third kappa shape index (κ3) is 3.06. The predicted molar refractivity (Wildman–Crippen MR) is 123 cm³/mol. The molecular formula is C24H19ClN4O4. The molecule has 1 aliphatic rings. The number of ether oxygens (including phenoxy) is 1. The summed E-state index contributed by atoms with van der Waals surface area (Å²) in [5, 5.41) is 12.7. The zero-order valence-electron chi connectivity index (χ0n) is 17.7. The van der Waals surface area contributed by atoms with Crippen LogP contribution in [0.4, 0.5) is 10.5 Å². The highest BCUT2D eigenvalue weighted by Gasteiger charge is 2.51. The number of aliphatic hydroxyl groups is 1. The maximum Gasteiger partial charge on any atom is 0.412 e. The van der Waals surface area contributed by atoms with Gasteiger partial charge in [-0.2, -0.15) is 4.98 Å². The molecule has 9 heteroatoms. The Balaban J connectivity index is 1.76. The van der Waals surface area contributed by atoms with E-state index in [2.05, 4.69) is 4.98 Å². The van der Waals surface area contributed by atoms with Crippen LogP contribution in [0.15, 0.2) is 60.7 Å². The molecule has 5 rings (SSSR count). The number of imidazole rings is 1. The van der Waals surface area contributed by atoms with E-state index in [4.69, 9.17) is 22.1 Å². The summed E-state index contributed by atoms with van der Waals surface area (Å²) in [6, 6.07) is 17.2. The van der Waals surface area contributed by atoms with E-state index in [9.17, 15) is 14.7 Å². The van der Waals surface area contributed by atoms with Crippen LogP contribution in [0.2, 0.25) is 5.02 Å². The molecule has 1 atom stereocenters. The summed E-state index contributed by atoms with van der Waals surface area (Å²) in [4.78, 5) is 30.4. The van der Waals surface area contributed by atoms with Crippen molar-refractivity contribution in [1.82, 2.24) is 9.55 Å². The number of nitrogens with two attached hydrogens (primary N) is 1. The minimum atomic E-state index is -1.82. The molecule has 8 nitrogen and oxygen atoms in total. The van der Waals surface area contributed by atoms with Gasteiger partial charge in [-0.3, -0.25) is 14.3 Å². The Labute approximate surface area is 193 Å². The third-order valence-corrected chi connectivity index (χ3v) is 6.14. The Morgan fingerprint density at radius 2 is 1.91 bits per heavy atom. The summed E-state index contributed by atoms with van der Waals surface area (Å²) in [7, 11) is 1.68. The van der Waals surface area contributed by atoms with Gasteiger partial charge < -0.3 is 15.6 Å². The molecule has 0 saturated carbocycles. The number of anilines is 1. The average molecular weight is 463 g/mol. The second kappa shape index (κ2) is 7.33. The van der Waals surface area contributed by atoms with E-state index < -0.39 is 11.8 Å². The lowest BCUT2D eigenvalue weighted by Crippen LogP contribution is -2.45. The second-order valence-corrected chi connectivity index (χ2v) is 8.30. The summed E-state index contributed by atoms with van der Waals surface area (Å²) in [6.45, 7) is 1.84. The van der Waals surface area contributed by atoms with Gasteiger partial charge in [-0.25, -0.2) is 4.79 Å². The van der Waals surface area contributed by atoms with Gasteiger partial charge in [0.05, 0.1) is 16.7 Å². The lowest BCUT2D eigenvalue weighted by molar-refractivity contribution is 0.0703. The largest absolute Gasteiger partial charge is 0.412 e. The summed E-state index contributed by atoms with van der Waals surface area (Å²) < 4.78 is 6.53. The van der Waals surface area contributed by atoms with Gasteiger partial charge >= 0.3 is 12.1 Å². The van der Waals surface area contributed by atoms with Crippen molar-refractivity contribution < 1.29 is 19.4 Å². The van der Waals surface area contributed by atoms with Gasteiger partial charge in [0.25, 0.3) is 5.91 Å². The summed E-state index contributed by atoms with van der Waals surface area (Å²) in [5.41, 5.74) is 6.93. The lowest BCUT2D eigenvalue weighted by atomic mass is 9.93. The number of carbonyl (C=O) groups is 2. The first kappa shape index (κ1) is 21.0. The van der Waals surface area contributed by atoms with Crippen LogP contribution >= 0.6 is 11.6 Å². The maximum atomic E-state index is 13.5. The van der Waals surface area contributed by atoms with Gasteiger partial charge in [0.15, 0.2) is 5.72 Å². The van der Waals surface area contributed by atoms with E-state index in [1.807, 2.05) is 6.92 Å². The monoisotopic (exact) mass is 462 g/mol. The van der Waals surface area contributed by atoms with E-state index >= 15 is 0 Å². The highest BCUT2D eigenvalue weighted by molar-refractivity contribution is 6.31. The fraction of sp³-hybridized carbons (Fsp3) is 0.125. The fourth-order valence-corrected chi connectivity index (χ4v) is 4.50. The van der Waals surface area contributed by atoms with Crippen LogP contribution < -0.4 is 15.4 Å². The molecule has 33 heavy (non-hydrogen) atoms. The molecule has 4 aromatic rings. The first-order chi connectivity index (χ1) is 15.7. The number of hydrogen-bond donors (Lipinski definition) is 2. The molecule has 1 aromatic heterocycles. The van der Waals surface area contributed by atoms with Crippen molar-refractivity contribution in [3.8, 4) is 6.01 Å². The van der Waals surface area contributed by atoms with Crippen LogP contribution in [0.3, 0.4) is 0 Å². The highest BCUT2D eigenvalue weighted by Crippen LogP contribution is 2.46. The van der Waals surface area contributed by atoms with E-state index in [-0.39, 0.29) is 11.9 Å². The molecule has 2 amide bonds. The van der Waals surface area contributed by atoms with Gasteiger partial charge in [-0.15, -0.1) is 0 Å². The van der Waals surface area contributed by atoms with Crippen LogP contribution in [0.25, 0.3) is 11.0 Å². The lowest BCUT2D eigenvalue weighted by Gasteiger charge is -2.35. The number of nitrogens with zero attached hydrogens (tertiary/aromatic N) is 3. The number of halogens is 1. The van der Waals surface area contributed by atoms with Crippen molar-refractivity contribution in [3.05, 3.63) is 87.9 Å². The first-order valence-corrected chi connectivity index (χ1v) is 10.5.